The maximum Gasteiger partial charge on any atom is 0.244 e. The van der Waals surface area contributed by atoms with Crippen LogP contribution in [0.1, 0.15) is 0 Å². The highest BCUT2D eigenvalue weighted by molar-refractivity contribution is 7.89. The Morgan fingerprint density at radius 1 is 1.42 bits per heavy atom. The smallest absolute Gasteiger partial charge is 0.244 e. The Morgan fingerprint density at radius 3 is 2.53 bits per heavy atom. The van der Waals surface area contributed by atoms with Crippen LogP contribution in [0.2, 0.25) is 0 Å². The summed E-state index contributed by atoms with van der Waals surface area (Å²) in [7, 11) is -0.519. The van der Waals surface area contributed by atoms with E-state index in [2.05, 4.69) is 11.6 Å². The summed E-state index contributed by atoms with van der Waals surface area (Å²) in [6, 6.07) is 3.13. The fraction of sp³-hybridized carbons (Fsp3) is 0.417. The molecular weight excluding hydrogens is 266 g/mol. The molecule has 1 rings (SSSR count). The fourth-order valence-corrected chi connectivity index (χ4v) is 2.35. The monoisotopic (exact) mass is 285 g/mol. The van der Waals surface area contributed by atoms with Crippen LogP contribution in [0.3, 0.4) is 0 Å². The van der Waals surface area contributed by atoms with E-state index in [0.29, 0.717) is 18.9 Å². The van der Waals surface area contributed by atoms with Gasteiger partial charge in [-0.05, 0) is 12.1 Å². The molecule has 0 saturated carbocycles. The molecule has 0 aliphatic heterocycles. The second kappa shape index (κ2) is 6.65. The average molecular weight is 285 g/mol. The summed E-state index contributed by atoms with van der Waals surface area (Å²) >= 11 is 0. The number of aromatic nitrogens is 1. The first-order chi connectivity index (χ1) is 8.93. The van der Waals surface area contributed by atoms with Gasteiger partial charge in [-0.25, -0.2) is 17.7 Å². The number of hydrogen-bond donors (Lipinski definition) is 1. The van der Waals surface area contributed by atoms with Gasteiger partial charge in [-0.1, -0.05) is 6.08 Å². The zero-order valence-electron chi connectivity index (χ0n) is 11.2. The number of aliphatic hydroxyl groups excluding tert-OH is 1. The Hall–Kier alpha value is -1.44. The van der Waals surface area contributed by atoms with Gasteiger partial charge in [0.25, 0.3) is 0 Å². The Kier molecular flexibility index (Phi) is 5.46. The number of sulfonamides is 1. The number of aliphatic hydroxyl groups is 1. The van der Waals surface area contributed by atoms with E-state index in [1.807, 2.05) is 0 Å². The van der Waals surface area contributed by atoms with Crippen molar-refractivity contribution in [1.82, 2.24) is 9.29 Å². The van der Waals surface area contributed by atoms with Gasteiger partial charge in [-0.3, -0.25) is 0 Å². The van der Waals surface area contributed by atoms with Crippen molar-refractivity contribution in [2.24, 2.45) is 0 Å². The van der Waals surface area contributed by atoms with Crippen molar-refractivity contribution >= 4 is 15.8 Å². The molecule has 0 amide bonds. The molecule has 0 radical (unpaired) electrons. The van der Waals surface area contributed by atoms with Crippen molar-refractivity contribution in [3.63, 3.8) is 0 Å². The molecule has 0 fully saturated rings. The molecule has 1 N–H and O–H groups in total. The SMILES string of the molecule is C=CCN(CCO)c1ccc(S(=O)(=O)N(C)C)cn1. The van der Waals surface area contributed by atoms with E-state index >= 15 is 0 Å². The minimum Gasteiger partial charge on any atom is -0.395 e. The molecule has 0 atom stereocenters. The second-order valence-electron chi connectivity index (χ2n) is 4.10. The molecule has 0 bridgehead atoms. The average Bonchev–Trinajstić information content (AvgIpc) is 2.38. The number of rotatable bonds is 7. The molecule has 106 valence electrons. The molecule has 1 heterocycles. The molecule has 0 unspecified atom stereocenters. The maximum absolute atomic E-state index is 11.9. The van der Waals surface area contributed by atoms with E-state index < -0.39 is 10.0 Å². The standard InChI is InChI=1S/C12H19N3O3S/c1-4-7-15(8-9-16)12-6-5-11(10-13-12)19(17,18)14(2)3/h4-6,10,16H,1,7-9H2,2-3H3. The third-order valence-electron chi connectivity index (χ3n) is 2.54. The van der Waals surface area contributed by atoms with Gasteiger partial charge in [0.15, 0.2) is 0 Å². The van der Waals surface area contributed by atoms with E-state index in [4.69, 9.17) is 5.11 Å². The van der Waals surface area contributed by atoms with Gasteiger partial charge < -0.3 is 10.0 Å². The lowest BCUT2D eigenvalue weighted by molar-refractivity contribution is 0.302. The maximum atomic E-state index is 11.9. The predicted octanol–water partition coefficient (Wildman–Crippen LogP) is 0.317. The highest BCUT2D eigenvalue weighted by Gasteiger charge is 2.17. The first kappa shape index (κ1) is 15.6. The number of hydrogen-bond acceptors (Lipinski definition) is 5. The summed E-state index contributed by atoms with van der Waals surface area (Å²) in [5, 5.41) is 8.97. The molecule has 6 nitrogen and oxygen atoms in total. The van der Waals surface area contributed by atoms with Crippen LogP contribution in [0.15, 0.2) is 35.9 Å². The van der Waals surface area contributed by atoms with Crippen LogP contribution in [-0.2, 0) is 10.0 Å². The number of anilines is 1. The van der Waals surface area contributed by atoms with E-state index in [1.54, 1.807) is 17.0 Å². The van der Waals surface area contributed by atoms with Gasteiger partial charge in [0.1, 0.15) is 10.7 Å². The van der Waals surface area contributed by atoms with Gasteiger partial charge >= 0.3 is 0 Å². The molecule has 1 aromatic rings. The van der Waals surface area contributed by atoms with Crippen LogP contribution in [0.5, 0.6) is 0 Å². The molecular formula is C12H19N3O3S. The fourth-order valence-electron chi connectivity index (χ4n) is 1.50. The predicted molar refractivity (Wildman–Crippen MR) is 74.6 cm³/mol. The molecule has 0 aliphatic rings. The molecule has 0 aromatic carbocycles. The minimum atomic E-state index is -3.46. The second-order valence-corrected chi connectivity index (χ2v) is 6.25. The summed E-state index contributed by atoms with van der Waals surface area (Å²) in [5.41, 5.74) is 0. The molecule has 0 aliphatic carbocycles. The van der Waals surface area contributed by atoms with Gasteiger partial charge in [0, 0.05) is 33.4 Å². The van der Waals surface area contributed by atoms with Gasteiger partial charge in [-0.2, -0.15) is 0 Å². The topological polar surface area (TPSA) is 73.7 Å². The minimum absolute atomic E-state index is 0.00668. The number of pyridine rings is 1. The lowest BCUT2D eigenvalue weighted by Crippen LogP contribution is -2.28. The summed E-state index contributed by atoms with van der Waals surface area (Å²) in [6.45, 7) is 4.58. The van der Waals surface area contributed by atoms with Crippen LogP contribution in [-0.4, -0.2) is 56.6 Å². The van der Waals surface area contributed by atoms with Crippen LogP contribution >= 0.6 is 0 Å². The first-order valence-electron chi connectivity index (χ1n) is 5.78. The highest BCUT2D eigenvalue weighted by Crippen LogP contribution is 2.16. The van der Waals surface area contributed by atoms with E-state index in [9.17, 15) is 8.42 Å². The molecule has 19 heavy (non-hydrogen) atoms. The largest absolute Gasteiger partial charge is 0.395 e. The van der Waals surface area contributed by atoms with Crippen molar-refractivity contribution < 1.29 is 13.5 Å². The summed E-state index contributed by atoms with van der Waals surface area (Å²) in [4.78, 5) is 6.07. The Balaban J connectivity index is 3.01. The highest BCUT2D eigenvalue weighted by atomic mass is 32.2. The van der Waals surface area contributed by atoms with E-state index in [-0.39, 0.29) is 11.5 Å². The van der Waals surface area contributed by atoms with Gasteiger partial charge in [-0.15, -0.1) is 6.58 Å². The van der Waals surface area contributed by atoms with Crippen LogP contribution < -0.4 is 4.90 Å². The third kappa shape index (κ3) is 3.76. The summed E-state index contributed by atoms with van der Waals surface area (Å²) < 4.78 is 24.9. The van der Waals surface area contributed by atoms with Crippen molar-refractivity contribution in [1.29, 1.82) is 0 Å². The molecule has 1 aromatic heterocycles. The van der Waals surface area contributed by atoms with E-state index in [1.165, 1.54) is 26.4 Å². The lowest BCUT2D eigenvalue weighted by atomic mass is 10.4. The summed E-state index contributed by atoms with van der Waals surface area (Å²) in [5.74, 6) is 0.603. The Morgan fingerprint density at radius 2 is 2.11 bits per heavy atom. The zero-order chi connectivity index (χ0) is 14.5. The third-order valence-corrected chi connectivity index (χ3v) is 4.34. The van der Waals surface area contributed by atoms with Crippen LogP contribution in [0.4, 0.5) is 5.82 Å². The molecule has 0 spiro atoms. The zero-order valence-corrected chi connectivity index (χ0v) is 12.0. The number of nitrogens with zero attached hydrogens (tertiary/aromatic N) is 3. The molecule has 7 heteroatoms. The van der Waals surface area contributed by atoms with Crippen molar-refractivity contribution in [2.45, 2.75) is 4.90 Å². The lowest BCUT2D eigenvalue weighted by Gasteiger charge is -2.21. The van der Waals surface area contributed by atoms with Gasteiger partial charge in [0.05, 0.1) is 6.61 Å². The molecule has 0 saturated heterocycles. The normalized spacial score (nSPS) is 11.6. The van der Waals surface area contributed by atoms with Crippen molar-refractivity contribution in [3.8, 4) is 0 Å². The van der Waals surface area contributed by atoms with Crippen molar-refractivity contribution in [3.05, 3.63) is 31.0 Å². The van der Waals surface area contributed by atoms with Crippen LogP contribution in [0, 0.1) is 0 Å². The first-order valence-corrected chi connectivity index (χ1v) is 7.22. The van der Waals surface area contributed by atoms with Gasteiger partial charge in [0.2, 0.25) is 10.0 Å². The Bertz CT molecular complexity index is 512. The quantitative estimate of drug-likeness (QED) is 0.730. The van der Waals surface area contributed by atoms with Crippen LogP contribution in [0.25, 0.3) is 0 Å². The Labute approximate surface area is 114 Å². The summed E-state index contributed by atoms with van der Waals surface area (Å²) in [6.07, 6.45) is 3.01. The van der Waals surface area contributed by atoms with E-state index in [0.717, 1.165) is 4.31 Å². The van der Waals surface area contributed by atoms with Crippen molar-refractivity contribution in [2.75, 3.05) is 38.7 Å².